The quantitative estimate of drug-likeness (QED) is 0.851. The number of hydrogen-bond donors (Lipinski definition) is 2. The predicted molar refractivity (Wildman–Crippen MR) is 63.7 cm³/mol. The molecule has 1 aliphatic heterocycles. The van der Waals surface area contributed by atoms with E-state index in [-0.39, 0.29) is 12.1 Å². The molecule has 0 amide bonds. The van der Waals surface area contributed by atoms with Crippen LogP contribution in [0, 0.1) is 0 Å². The van der Waals surface area contributed by atoms with E-state index in [0.29, 0.717) is 0 Å². The summed E-state index contributed by atoms with van der Waals surface area (Å²) in [4.78, 5) is 1.23. The van der Waals surface area contributed by atoms with Gasteiger partial charge in [-0.05, 0) is 19.2 Å². The summed E-state index contributed by atoms with van der Waals surface area (Å²) in [6.07, 6.45) is 0.193. The molecule has 1 saturated heterocycles. The van der Waals surface area contributed by atoms with E-state index in [4.69, 9.17) is 16.3 Å². The third-order valence-electron chi connectivity index (χ3n) is 2.54. The van der Waals surface area contributed by atoms with Gasteiger partial charge in [-0.3, -0.25) is 0 Å². The van der Waals surface area contributed by atoms with E-state index in [1.807, 2.05) is 13.1 Å². The van der Waals surface area contributed by atoms with Gasteiger partial charge in [0.05, 0.1) is 23.1 Å². The van der Waals surface area contributed by atoms with Gasteiger partial charge in [-0.1, -0.05) is 11.6 Å². The number of ether oxygens (including phenoxy) is 1. The average molecular weight is 247 g/mol. The van der Waals surface area contributed by atoms with Crippen molar-refractivity contribution < 1.29 is 4.74 Å². The number of likely N-dealkylation sites (N-methyl/N-ethyl adjacent to an activating group) is 1. The lowest BCUT2D eigenvalue weighted by atomic mass is 10.1. The summed E-state index contributed by atoms with van der Waals surface area (Å²) in [5.74, 6) is 0. The van der Waals surface area contributed by atoms with Crippen molar-refractivity contribution in [2.45, 2.75) is 12.1 Å². The zero-order valence-corrected chi connectivity index (χ0v) is 10.2. The Morgan fingerprint density at radius 3 is 3.07 bits per heavy atom. The molecule has 1 aromatic heterocycles. The van der Waals surface area contributed by atoms with Crippen molar-refractivity contribution in [2.75, 3.05) is 26.7 Å². The Morgan fingerprint density at radius 1 is 1.67 bits per heavy atom. The highest BCUT2D eigenvalue weighted by atomic mass is 35.5. The second kappa shape index (κ2) is 5.27. The van der Waals surface area contributed by atoms with Gasteiger partial charge < -0.3 is 15.4 Å². The Kier molecular flexibility index (Phi) is 3.99. The molecule has 0 saturated carbocycles. The van der Waals surface area contributed by atoms with E-state index in [2.05, 4.69) is 16.7 Å². The number of thiophene rings is 1. The maximum atomic E-state index is 5.93. The van der Waals surface area contributed by atoms with Crippen molar-refractivity contribution in [2.24, 2.45) is 0 Å². The van der Waals surface area contributed by atoms with Gasteiger partial charge in [-0.2, -0.15) is 0 Å². The lowest BCUT2D eigenvalue weighted by Gasteiger charge is -2.30. The van der Waals surface area contributed by atoms with Crippen LogP contribution in [0.1, 0.15) is 10.9 Å². The largest absolute Gasteiger partial charge is 0.374 e. The van der Waals surface area contributed by atoms with Crippen molar-refractivity contribution in [3.8, 4) is 0 Å². The lowest BCUT2D eigenvalue weighted by molar-refractivity contribution is 0.00613. The molecule has 84 valence electrons. The third kappa shape index (κ3) is 2.71. The van der Waals surface area contributed by atoms with Gasteiger partial charge in [-0.15, -0.1) is 11.3 Å². The molecule has 0 spiro atoms. The van der Waals surface area contributed by atoms with E-state index in [1.165, 1.54) is 4.88 Å². The molecule has 2 rings (SSSR count). The molecular formula is C10H15ClN2OS. The SMILES string of the molecule is CNC(c1ccc(Cl)s1)C1CNCCO1. The first-order valence-corrected chi connectivity index (χ1v) is 6.25. The number of nitrogens with one attached hydrogen (secondary N) is 2. The molecule has 5 heteroatoms. The van der Waals surface area contributed by atoms with E-state index in [1.54, 1.807) is 11.3 Å². The van der Waals surface area contributed by atoms with Gasteiger partial charge >= 0.3 is 0 Å². The van der Waals surface area contributed by atoms with Gasteiger partial charge in [0.2, 0.25) is 0 Å². The molecule has 0 bridgehead atoms. The summed E-state index contributed by atoms with van der Waals surface area (Å²) in [5, 5.41) is 6.62. The number of hydrogen-bond acceptors (Lipinski definition) is 4. The average Bonchev–Trinajstić information content (AvgIpc) is 2.68. The molecule has 2 heterocycles. The highest BCUT2D eigenvalue weighted by molar-refractivity contribution is 7.16. The summed E-state index contributed by atoms with van der Waals surface area (Å²) in [6, 6.07) is 4.23. The summed E-state index contributed by atoms with van der Waals surface area (Å²) in [6.45, 7) is 2.61. The first kappa shape index (κ1) is 11.4. The second-order valence-electron chi connectivity index (χ2n) is 3.52. The maximum absolute atomic E-state index is 5.93. The van der Waals surface area contributed by atoms with Crippen molar-refractivity contribution in [3.05, 3.63) is 21.3 Å². The van der Waals surface area contributed by atoms with Gasteiger partial charge in [0, 0.05) is 18.0 Å². The topological polar surface area (TPSA) is 33.3 Å². The number of rotatable bonds is 3. The lowest BCUT2D eigenvalue weighted by Crippen LogP contribution is -2.45. The minimum absolute atomic E-state index is 0.193. The Morgan fingerprint density at radius 2 is 2.53 bits per heavy atom. The minimum atomic E-state index is 0.193. The summed E-state index contributed by atoms with van der Waals surface area (Å²) >= 11 is 7.54. The van der Waals surface area contributed by atoms with E-state index < -0.39 is 0 Å². The number of morpholine rings is 1. The summed E-state index contributed by atoms with van der Waals surface area (Å²) in [5.41, 5.74) is 0. The fourth-order valence-electron chi connectivity index (χ4n) is 1.81. The van der Waals surface area contributed by atoms with Gasteiger partial charge in [-0.25, -0.2) is 0 Å². The first-order valence-electron chi connectivity index (χ1n) is 5.06. The summed E-state index contributed by atoms with van der Waals surface area (Å²) in [7, 11) is 1.95. The summed E-state index contributed by atoms with van der Waals surface area (Å²) < 4.78 is 6.56. The molecule has 1 aliphatic rings. The molecule has 15 heavy (non-hydrogen) atoms. The molecule has 0 aliphatic carbocycles. The Balaban J connectivity index is 2.08. The fourth-order valence-corrected chi connectivity index (χ4v) is 3.03. The van der Waals surface area contributed by atoms with E-state index in [0.717, 1.165) is 24.0 Å². The maximum Gasteiger partial charge on any atom is 0.0931 e. The van der Waals surface area contributed by atoms with Crippen LogP contribution in [0.2, 0.25) is 4.34 Å². The molecule has 2 N–H and O–H groups in total. The molecule has 2 unspecified atom stereocenters. The fraction of sp³-hybridized carbons (Fsp3) is 0.600. The zero-order valence-electron chi connectivity index (χ0n) is 8.63. The molecule has 0 aromatic carbocycles. The highest BCUT2D eigenvalue weighted by Crippen LogP contribution is 2.29. The standard InChI is InChI=1S/C10H15ClN2OS/c1-12-10(7-6-13-4-5-14-7)8-2-3-9(11)15-8/h2-3,7,10,12-13H,4-6H2,1H3. The molecule has 1 fully saturated rings. The van der Waals surface area contributed by atoms with Crippen molar-refractivity contribution >= 4 is 22.9 Å². The van der Waals surface area contributed by atoms with Crippen LogP contribution in [0.4, 0.5) is 0 Å². The Bertz CT molecular complexity index is 312. The normalized spacial score (nSPS) is 24.0. The van der Waals surface area contributed by atoms with Crippen molar-refractivity contribution in [1.82, 2.24) is 10.6 Å². The van der Waals surface area contributed by atoms with Gasteiger partial charge in [0.15, 0.2) is 0 Å². The molecular weight excluding hydrogens is 232 g/mol. The van der Waals surface area contributed by atoms with Crippen LogP contribution >= 0.6 is 22.9 Å². The van der Waals surface area contributed by atoms with Crippen LogP contribution < -0.4 is 10.6 Å². The van der Waals surface area contributed by atoms with Crippen LogP contribution in [-0.2, 0) is 4.74 Å². The predicted octanol–water partition coefficient (Wildman–Crippen LogP) is 1.65. The smallest absolute Gasteiger partial charge is 0.0931 e. The van der Waals surface area contributed by atoms with Crippen LogP contribution in [0.15, 0.2) is 12.1 Å². The third-order valence-corrected chi connectivity index (χ3v) is 3.85. The molecule has 3 nitrogen and oxygen atoms in total. The van der Waals surface area contributed by atoms with Crippen molar-refractivity contribution in [1.29, 1.82) is 0 Å². The minimum Gasteiger partial charge on any atom is -0.374 e. The molecule has 1 aromatic rings. The Hall–Kier alpha value is -0.130. The zero-order chi connectivity index (χ0) is 10.7. The molecule has 2 atom stereocenters. The first-order chi connectivity index (χ1) is 7.31. The molecule has 0 radical (unpaired) electrons. The van der Waals surface area contributed by atoms with E-state index in [9.17, 15) is 0 Å². The van der Waals surface area contributed by atoms with E-state index >= 15 is 0 Å². The van der Waals surface area contributed by atoms with Crippen LogP contribution in [0.25, 0.3) is 0 Å². The monoisotopic (exact) mass is 246 g/mol. The van der Waals surface area contributed by atoms with Crippen LogP contribution in [0.3, 0.4) is 0 Å². The van der Waals surface area contributed by atoms with Crippen LogP contribution in [0.5, 0.6) is 0 Å². The van der Waals surface area contributed by atoms with Crippen LogP contribution in [-0.4, -0.2) is 32.8 Å². The highest BCUT2D eigenvalue weighted by Gasteiger charge is 2.25. The van der Waals surface area contributed by atoms with Gasteiger partial charge in [0.25, 0.3) is 0 Å². The second-order valence-corrected chi connectivity index (χ2v) is 5.27. The Labute approximate surface area is 98.8 Å². The van der Waals surface area contributed by atoms with Crippen molar-refractivity contribution in [3.63, 3.8) is 0 Å². The number of halogens is 1. The van der Waals surface area contributed by atoms with Gasteiger partial charge in [0.1, 0.15) is 0 Å².